The van der Waals surface area contributed by atoms with Crippen molar-refractivity contribution >= 4 is 11.8 Å². The van der Waals surface area contributed by atoms with Crippen LogP contribution in [0.5, 0.6) is 0 Å². The van der Waals surface area contributed by atoms with Gasteiger partial charge in [-0.3, -0.25) is 9.59 Å². The first kappa shape index (κ1) is 18.9. The fraction of sp³-hybridized carbons (Fsp3) is 0.875. The topological polar surface area (TPSA) is 87.7 Å². The highest BCUT2D eigenvalue weighted by Gasteiger charge is 2.31. The summed E-state index contributed by atoms with van der Waals surface area (Å²) in [6.07, 6.45) is 0.543. The summed E-state index contributed by atoms with van der Waals surface area (Å²) in [4.78, 5) is 24.5. The molecule has 1 rings (SSSR count). The van der Waals surface area contributed by atoms with E-state index in [-0.39, 0.29) is 23.1 Å². The van der Waals surface area contributed by atoms with Crippen molar-refractivity contribution in [3.63, 3.8) is 0 Å². The van der Waals surface area contributed by atoms with Crippen molar-refractivity contribution in [2.45, 2.75) is 72.3 Å². The lowest BCUT2D eigenvalue weighted by Crippen LogP contribution is -2.52. The highest BCUT2D eigenvalue weighted by molar-refractivity contribution is 5.88. The Bertz CT molecular complexity index is 390. The average Bonchev–Trinajstić information content (AvgIpc) is 2.71. The number of aliphatic hydroxyl groups is 1. The summed E-state index contributed by atoms with van der Waals surface area (Å²) in [5, 5.41) is 15.2. The highest BCUT2D eigenvalue weighted by Crippen LogP contribution is 2.18. The van der Waals surface area contributed by atoms with Crippen molar-refractivity contribution < 1.29 is 19.4 Å². The minimum atomic E-state index is -0.964. The van der Waals surface area contributed by atoms with Crippen molar-refractivity contribution in [1.29, 1.82) is 0 Å². The van der Waals surface area contributed by atoms with Crippen molar-refractivity contribution in [3.05, 3.63) is 0 Å². The molecule has 1 saturated heterocycles. The monoisotopic (exact) mass is 314 g/mol. The molecule has 6 nitrogen and oxygen atoms in total. The molecule has 1 fully saturated rings. The van der Waals surface area contributed by atoms with Crippen LogP contribution >= 0.6 is 0 Å². The zero-order valence-electron chi connectivity index (χ0n) is 14.3. The smallest absolute Gasteiger partial charge is 0.242 e. The molecule has 0 aromatic carbocycles. The molecule has 1 aliphatic heterocycles. The Hall–Kier alpha value is -1.14. The molecule has 3 N–H and O–H groups in total. The summed E-state index contributed by atoms with van der Waals surface area (Å²) in [5.74, 6) is -0.113. The second-order valence-electron chi connectivity index (χ2n) is 7.65. The van der Waals surface area contributed by atoms with Crippen LogP contribution in [0, 0.1) is 11.3 Å². The van der Waals surface area contributed by atoms with E-state index in [1.807, 2.05) is 34.6 Å². The zero-order valence-corrected chi connectivity index (χ0v) is 14.3. The number of amides is 2. The van der Waals surface area contributed by atoms with Crippen molar-refractivity contribution in [1.82, 2.24) is 10.6 Å². The molecule has 1 aliphatic rings. The van der Waals surface area contributed by atoms with Gasteiger partial charge in [0.25, 0.3) is 0 Å². The van der Waals surface area contributed by atoms with Gasteiger partial charge < -0.3 is 20.5 Å². The first-order chi connectivity index (χ1) is 10.1. The minimum absolute atomic E-state index is 0.127. The van der Waals surface area contributed by atoms with Gasteiger partial charge in [-0.25, -0.2) is 0 Å². The van der Waals surface area contributed by atoms with Gasteiger partial charge in [-0.2, -0.15) is 0 Å². The molecule has 22 heavy (non-hydrogen) atoms. The van der Waals surface area contributed by atoms with Crippen molar-refractivity contribution in [2.24, 2.45) is 11.3 Å². The quantitative estimate of drug-likeness (QED) is 0.687. The molecule has 0 aromatic heterocycles. The number of ether oxygens (including phenoxy) is 1. The number of nitrogens with one attached hydrogen (secondary N) is 2. The van der Waals surface area contributed by atoms with Gasteiger partial charge in [0, 0.05) is 6.42 Å². The molecular formula is C16H30N2O4. The SMILES string of the molecule is CC(C)CC(NC(=O)CC(C)(C)C)C(=O)N[C@H]1CCOC1O. The summed E-state index contributed by atoms with van der Waals surface area (Å²) in [7, 11) is 0. The maximum atomic E-state index is 12.4. The molecule has 6 heteroatoms. The van der Waals surface area contributed by atoms with Crippen LogP contribution in [0.25, 0.3) is 0 Å². The molecule has 0 spiro atoms. The van der Waals surface area contributed by atoms with Crippen LogP contribution in [-0.4, -0.2) is 41.9 Å². The number of hydrogen-bond donors (Lipinski definition) is 3. The Morgan fingerprint density at radius 2 is 1.95 bits per heavy atom. The van der Waals surface area contributed by atoms with E-state index in [9.17, 15) is 14.7 Å². The Morgan fingerprint density at radius 1 is 1.32 bits per heavy atom. The predicted octanol–water partition coefficient (Wildman–Crippen LogP) is 1.18. The van der Waals surface area contributed by atoms with E-state index >= 15 is 0 Å². The standard InChI is InChI=1S/C16H30N2O4/c1-10(2)8-12(17-13(19)9-16(3,4)5)14(20)18-11-6-7-22-15(11)21/h10-12,15,21H,6-9H2,1-5H3,(H,17,19)(H,18,20)/t11-,12?,15?/m0/s1. The normalized spacial score (nSPS) is 23.4. The molecule has 0 saturated carbocycles. The fourth-order valence-corrected chi connectivity index (χ4v) is 2.43. The molecule has 128 valence electrons. The molecule has 0 aromatic rings. The van der Waals surface area contributed by atoms with E-state index in [0.29, 0.717) is 25.9 Å². The Morgan fingerprint density at radius 3 is 2.41 bits per heavy atom. The summed E-state index contributed by atoms with van der Waals surface area (Å²) in [5.41, 5.74) is -0.127. The lowest BCUT2D eigenvalue weighted by molar-refractivity contribution is -0.132. The third-order valence-corrected chi connectivity index (χ3v) is 3.44. The first-order valence-electron chi connectivity index (χ1n) is 7.98. The third-order valence-electron chi connectivity index (χ3n) is 3.44. The average molecular weight is 314 g/mol. The fourth-order valence-electron chi connectivity index (χ4n) is 2.43. The van der Waals surface area contributed by atoms with E-state index in [0.717, 1.165) is 0 Å². The van der Waals surface area contributed by atoms with Gasteiger partial charge in [0.1, 0.15) is 6.04 Å². The predicted molar refractivity (Wildman–Crippen MR) is 84.0 cm³/mol. The van der Waals surface area contributed by atoms with Gasteiger partial charge in [-0.1, -0.05) is 34.6 Å². The Labute approximate surface area is 133 Å². The lowest BCUT2D eigenvalue weighted by Gasteiger charge is -2.25. The number of carbonyl (C=O) groups is 2. The zero-order chi connectivity index (χ0) is 16.9. The number of carbonyl (C=O) groups excluding carboxylic acids is 2. The van der Waals surface area contributed by atoms with Crippen LogP contribution < -0.4 is 10.6 Å². The second-order valence-corrected chi connectivity index (χ2v) is 7.65. The van der Waals surface area contributed by atoms with Crippen LogP contribution in [0.15, 0.2) is 0 Å². The summed E-state index contributed by atoms with van der Waals surface area (Å²) in [6, 6.07) is -0.982. The van der Waals surface area contributed by atoms with Gasteiger partial charge in [0.2, 0.25) is 11.8 Å². The molecule has 0 radical (unpaired) electrons. The van der Waals surface area contributed by atoms with Gasteiger partial charge in [0.15, 0.2) is 6.29 Å². The minimum Gasteiger partial charge on any atom is -0.366 e. The van der Waals surface area contributed by atoms with E-state index < -0.39 is 18.4 Å². The van der Waals surface area contributed by atoms with E-state index in [1.54, 1.807) is 0 Å². The number of rotatable bonds is 6. The summed E-state index contributed by atoms with van der Waals surface area (Å²) in [6.45, 7) is 10.4. The van der Waals surface area contributed by atoms with Crippen molar-refractivity contribution in [2.75, 3.05) is 6.61 Å². The molecule has 0 bridgehead atoms. The third kappa shape index (κ3) is 6.75. The van der Waals surface area contributed by atoms with Crippen LogP contribution in [0.2, 0.25) is 0 Å². The molecule has 1 heterocycles. The van der Waals surface area contributed by atoms with Crippen LogP contribution in [-0.2, 0) is 14.3 Å². The van der Waals surface area contributed by atoms with E-state index in [4.69, 9.17) is 4.74 Å². The Balaban J connectivity index is 2.62. The summed E-state index contributed by atoms with van der Waals surface area (Å²) < 4.78 is 5.03. The van der Waals surface area contributed by atoms with E-state index in [1.165, 1.54) is 0 Å². The van der Waals surface area contributed by atoms with E-state index in [2.05, 4.69) is 10.6 Å². The van der Waals surface area contributed by atoms with Gasteiger partial charge in [-0.05, 0) is 24.2 Å². The van der Waals surface area contributed by atoms with Crippen LogP contribution in [0.1, 0.15) is 53.9 Å². The maximum absolute atomic E-state index is 12.4. The molecular weight excluding hydrogens is 284 g/mol. The summed E-state index contributed by atoms with van der Waals surface area (Å²) >= 11 is 0. The highest BCUT2D eigenvalue weighted by atomic mass is 16.6. The number of aliphatic hydroxyl groups excluding tert-OH is 1. The second kappa shape index (κ2) is 7.92. The first-order valence-corrected chi connectivity index (χ1v) is 7.98. The van der Waals surface area contributed by atoms with Gasteiger partial charge in [-0.15, -0.1) is 0 Å². The number of hydrogen-bond acceptors (Lipinski definition) is 4. The maximum Gasteiger partial charge on any atom is 0.242 e. The van der Waals surface area contributed by atoms with Crippen molar-refractivity contribution in [3.8, 4) is 0 Å². The molecule has 2 amide bonds. The molecule has 2 unspecified atom stereocenters. The van der Waals surface area contributed by atoms with Crippen LogP contribution in [0.4, 0.5) is 0 Å². The lowest BCUT2D eigenvalue weighted by atomic mass is 9.91. The van der Waals surface area contributed by atoms with Gasteiger partial charge in [0.05, 0.1) is 12.6 Å². The molecule has 3 atom stereocenters. The van der Waals surface area contributed by atoms with Gasteiger partial charge >= 0.3 is 0 Å². The van der Waals surface area contributed by atoms with Crippen LogP contribution in [0.3, 0.4) is 0 Å². The molecule has 0 aliphatic carbocycles. The Kier molecular flexibility index (Phi) is 6.81. The largest absolute Gasteiger partial charge is 0.366 e.